The summed E-state index contributed by atoms with van der Waals surface area (Å²) in [4.78, 5) is 0. The average Bonchev–Trinajstić information content (AvgIpc) is 2.92. The molecule has 0 aromatic heterocycles. The number of quaternary nitrogens is 1. The van der Waals surface area contributed by atoms with Gasteiger partial charge < -0.3 is 9.96 Å². The van der Waals surface area contributed by atoms with E-state index in [-0.39, 0.29) is 5.48 Å². The van der Waals surface area contributed by atoms with E-state index < -0.39 is 0 Å². The Labute approximate surface area is 256 Å². The molecule has 0 radical (unpaired) electrons. The monoisotopic (exact) mass is 569 g/mol. The Hall–Kier alpha value is -0.0800. The summed E-state index contributed by atoms with van der Waals surface area (Å²) in [6.45, 7) is 7.39. The van der Waals surface area contributed by atoms with Crippen molar-refractivity contribution < 1.29 is 9.96 Å². The topological polar surface area (TPSA) is 31.5 Å². The minimum Gasteiger partial charge on any atom is -0.412 e. The first-order valence-corrected chi connectivity index (χ1v) is 18.9. The number of hydrogen-bond donors (Lipinski definition) is 0. The molecular weight excluding hydrogens is 486 g/mol. The fourth-order valence-electron chi connectivity index (χ4n) is 6.29. The fourth-order valence-corrected chi connectivity index (χ4v) is 6.29. The van der Waals surface area contributed by atoms with Crippen molar-refractivity contribution in [3.63, 3.8) is 0 Å². The van der Waals surface area contributed by atoms with Gasteiger partial charge in [-0.05, 0) is 25.7 Å². The molecule has 40 heavy (non-hydrogen) atoms. The molecule has 2 N–H and O–H groups in total. The molecule has 0 aromatic rings. The van der Waals surface area contributed by atoms with Crippen LogP contribution in [0.2, 0.25) is 0 Å². The van der Waals surface area contributed by atoms with Crippen molar-refractivity contribution in [2.24, 2.45) is 0 Å². The zero-order valence-electron chi connectivity index (χ0n) is 29.0. The lowest BCUT2D eigenvalue weighted by Gasteiger charge is -2.30. The first kappa shape index (κ1) is 42.1. The summed E-state index contributed by atoms with van der Waals surface area (Å²) in [6, 6.07) is 0. The molecule has 0 unspecified atom stereocenters. The van der Waals surface area contributed by atoms with Crippen molar-refractivity contribution in [2.45, 2.75) is 219 Å². The summed E-state index contributed by atoms with van der Waals surface area (Å²) in [5.41, 5.74) is 0. The summed E-state index contributed by atoms with van der Waals surface area (Å²) in [5, 5.41) is 0. The van der Waals surface area contributed by atoms with Crippen LogP contribution >= 0.6 is 0 Å². The Morgan fingerprint density at radius 2 is 0.400 bits per heavy atom. The van der Waals surface area contributed by atoms with Crippen LogP contribution in [0.3, 0.4) is 0 Å². The van der Waals surface area contributed by atoms with Crippen molar-refractivity contribution in [3.8, 4) is 0 Å². The smallest absolute Gasteiger partial charge is 0.0782 e. The van der Waals surface area contributed by atoms with Gasteiger partial charge in [0.1, 0.15) is 0 Å². The van der Waals surface area contributed by atoms with E-state index in [0.29, 0.717) is 0 Å². The second-order valence-electron chi connectivity index (χ2n) is 14.0. The highest BCUT2D eigenvalue weighted by Gasteiger charge is 2.13. The van der Waals surface area contributed by atoms with Crippen LogP contribution < -0.4 is 0 Å². The molecule has 0 rings (SSSR count). The minimum atomic E-state index is 0. The maximum atomic E-state index is 2.47. The molecular formula is C38H82NO+. The van der Waals surface area contributed by atoms with Gasteiger partial charge in [-0.3, -0.25) is 0 Å². The lowest BCUT2D eigenvalue weighted by atomic mass is 10.0. The summed E-state index contributed by atoms with van der Waals surface area (Å²) in [7, 11) is 4.94. The molecule has 0 heterocycles. The summed E-state index contributed by atoms with van der Waals surface area (Å²) >= 11 is 0. The minimum absolute atomic E-state index is 0. The maximum Gasteiger partial charge on any atom is 0.0782 e. The van der Waals surface area contributed by atoms with E-state index in [1.54, 1.807) is 0 Å². The van der Waals surface area contributed by atoms with E-state index in [4.69, 9.17) is 0 Å². The van der Waals surface area contributed by atoms with Crippen molar-refractivity contribution in [1.82, 2.24) is 0 Å². The van der Waals surface area contributed by atoms with E-state index in [9.17, 15) is 0 Å². The van der Waals surface area contributed by atoms with Gasteiger partial charge in [0.05, 0.1) is 27.2 Å². The highest BCUT2D eigenvalue weighted by molar-refractivity contribution is 4.52. The van der Waals surface area contributed by atoms with Gasteiger partial charge >= 0.3 is 0 Å². The summed E-state index contributed by atoms with van der Waals surface area (Å²) < 4.78 is 1.25. The molecule has 0 bridgehead atoms. The van der Waals surface area contributed by atoms with Gasteiger partial charge in [0.2, 0.25) is 0 Å². The van der Waals surface area contributed by atoms with Crippen LogP contribution in [0.1, 0.15) is 219 Å². The first-order valence-electron chi connectivity index (χ1n) is 18.9. The van der Waals surface area contributed by atoms with E-state index in [1.807, 2.05) is 0 Å². The fraction of sp³-hybridized carbons (Fsp3) is 1.00. The van der Waals surface area contributed by atoms with Crippen LogP contribution in [-0.4, -0.2) is 37.1 Å². The molecule has 0 aliphatic heterocycles. The zero-order valence-corrected chi connectivity index (χ0v) is 29.0. The van der Waals surface area contributed by atoms with Gasteiger partial charge in [-0.2, -0.15) is 0 Å². The molecule has 2 heteroatoms. The molecule has 0 saturated heterocycles. The second kappa shape index (κ2) is 35.1. The van der Waals surface area contributed by atoms with Crippen LogP contribution in [0.5, 0.6) is 0 Å². The van der Waals surface area contributed by atoms with Crippen LogP contribution in [-0.2, 0) is 0 Å². The predicted octanol–water partition coefficient (Wildman–Crippen LogP) is 12.8. The van der Waals surface area contributed by atoms with Gasteiger partial charge in [-0.15, -0.1) is 0 Å². The van der Waals surface area contributed by atoms with E-state index >= 15 is 0 Å². The zero-order chi connectivity index (χ0) is 28.5. The molecule has 244 valence electrons. The number of hydrogen-bond acceptors (Lipinski definition) is 0. The Bertz CT molecular complexity index is 397. The standard InChI is InChI=1S/C38H80N.H2O/c1-5-7-9-11-13-15-17-19-21-23-25-27-29-31-33-35-37-39(3,4)38-36-34-32-30-28-26-24-22-20-18-16-14-12-10-8-6-2;/h5-38H2,1-4H3;1H2/q+1;. The highest BCUT2D eigenvalue weighted by atomic mass is 16.0. The Balaban J connectivity index is 0. The molecule has 0 aliphatic rings. The third-order valence-electron chi connectivity index (χ3n) is 9.23. The molecule has 0 aromatic carbocycles. The highest BCUT2D eigenvalue weighted by Crippen LogP contribution is 2.16. The normalized spacial score (nSPS) is 11.7. The Morgan fingerprint density at radius 3 is 0.575 bits per heavy atom. The molecule has 0 amide bonds. The maximum absolute atomic E-state index is 2.47. The third kappa shape index (κ3) is 35.9. The van der Waals surface area contributed by atoms with Crippen molar-refractivity contribution in [3.05, 3.63) is 0 Å². The van der Waals surface area contributed by atoms with Crippen LogP contribution in [0, 0.1) is 0 Å². The number of unbranched alkanes of at least 4 members (excludes halogenated alkanes) is 30. The van der Waals surface area contributed by atoms with E-state index in [2.05, 4.69) is 27.9 Å². The van der Waals surface area contributed by atoms with Gasteiger partial charge in [-0.25, -0.2) is 0 Å². The first-order chi connectivity index (χ1) is 19.1. The average molecular weight is 569 g/mol. The molecule has 0 saturated carbocycles. The Kier molecular flexibility index (Phi) is 36.9. The van der Waals surface area contributed by atoms with E-state index in [1.165, 1.54) is 223 Å². The molecule has 0 aliphatic carbocycles. The third-order valence-corrected chi connectivity index (χ3v) is 9.23. The van der Waals surface area contributed by atoms with Crippen LogP contribution in [0.15, 0.2) is 0 Å². The summed E-state index contributed by atoms with van der Waals surface area (Å²) in [6.07, 6.45) is 46.9. The van der Waals surface area contributed by atoms with Crippen LogP contribution in [0.4, 0.5) is 0 Å². The largest absolute Gasteiger partial charge is 0.412 e. The Morgan fingerprint density at radius 1 is 0.250 bits per heavy atom. The van der Waals surface area contributed by atoms with Crippen LogP contribution in [0.25, 0.3) is 0 Å². The van der Waals surface area contributed by atoms with Crippen molar-refractivity contribution in [1.29, 1.82) is 0 Å². The summed E-state index contributed by atoms with van der Waals surface area (Å²) in [5.74, 6) is 0. The number of nitrogens with zero attached hydrogens (tertiary/aromatic N) is 1. The molecule has 0 fully saturated rings. The SMILES string of the molecule is CCCCCCCCCCCCCCCCCC[N+](C)(C)CCCCCCCCCCCCCCCCCC.O. The lowest BCUT2D eigenvalue weighted by molar-refractivity contribution is -0.890. The van der Waals surface area contributed by atoms with Gasteiger partial charge in [0.15, 0.2) is 0 Å². The van der Waals surface area contributed by atoms with Gasteiger partial charge in [0.25, 0.3) is 0 Å². The predicted molar refractivity (Wildman–Crippen MR) is 185 cm³/mol. The molecule has 0 spiro atoms. The van der Waals surface area contributed by atoms with E-state index in [0.717, 1.165) is 0 Å². The second-order valence-corrected chi connectivity index (χ2v) is 14.0. The lowest BCUT2D eigenvalue weighted by Crippen LogP contribution is -2.41. The molecule has 0 atom stereocenters. The number of rotatable bonds is 34. The molecule has 2 nitrogen and oxygen atoms in total. The van der Waals surface area contributed by atoms with Crippen molar-refractivity contribution in [2.75, 3.05) is 27.2 Å². The van der Waals surface area contributed by atoms with Crippen molar-refractivity contribution >= 4 is 0 Å². The van der Waals surface area contributed by atoms with Gasteiger partial charge in [-0.1, -0.05) is 194 Å². The quantitative estimate of drug-likeness (QED) is 0.0546. The van der Waals surface area contributed by atoms with Gasteiger partial charge in [0, 0.05) is 0 Å².